The lowest BCUT2D eigenvalue weighted by molar-refractivity contribution is 0.0985. The molecule has 0 spiro atoms. The number of hydrogen-bond acceptors (Lipinski definition) is 3. The highest BCUT2D eigenvalue weighted by Gasteiger charge is 2.22. The minimum atomic E-state index is -0.0303. The molecule has 0 aliphatic heterocycles. The van der Waals surface area contributed by atoms with Crippen molar-refractivity contribution < 1.29 is 4.79 Å². The summed E-state index contributed by atoms with van der Waals surface area (Å²) >= 11 is 1.58. The summed E-state index contributed by atoms with van der Waals surface area (Å²) in [4.78, 5) is 20.0. The molecule has 0 radical (unpaired) electrons. The molecule has 1 heterocycles. The molecule has 1 aromatic heterocycles. The van der Waals surface area contributed by atoms with Crippen molar-refractivity contribution in [1.29, 1.82) is 0 Å². The van der Waals surface area contributed by atoms with Gasteiger partial charge in [-0.05, 0) is 55.7 Å². The number of aryl methyl sites for hydroxylation is 3. The highest BCUT2D eigenvalue weighted by molar-refractivity contribution is 7.22. The Hall–Kier alpha value is -2.98. The Balaban J connectivity index is 1.79. The molecule has 0 N–H and O–H groups in total. The number of thiazole rings is 1. The molecular formula is C24H22N2OS. The number of hydrogen-bond donors (Lipinski definition) is 0. The number of carbonyl (C=O) groups excluding carboxylic acids is 1. The van der Waals surface area contributed by atoms with Gasteiger partial charge >= 0.3 is 0 Å². The van der Waals surface area contributed by atoms with E-state index in [4.69, 9.17) is 4.98 Å². The molecular weight excluding hydrogens is 364 g/mol. The quantitative estimate of drug-likeness (QED) is 0.426. The van der Waals surface area contributed by atoms with E-state index in [1.807, 2.05) is 61.5 Å². The molecule has 0 fully saturated rings. The van der Waals surface area contributed by atoms with Gasteiger partial charge in [-0.1, -0.05) is 65.4 Å². The van der Waals surface area contributed by atoms with E-state index in [9.17, 15) is 4.79 Å². The van der Waals surface area contributed by atoms with Gasteiger partial charge in [-0.25, -0.2) is 4.98 Å². The topological polar surface area (TPSA) is 33.2 Å². The van der Waals surface area contributed by atoms with E-state index in [-0.39, 0.29) is 5.91 Å². The highest BCUT2D eigenvalue weighted by atomic mass is 32.1. The molecule has 0 saturated carbocycles. The first-order chi connectivity index (χ1) is 13.5. The van der Waals surface area contributed by atoms with Crippen LogP contribution in [0.15, 0.2) is 66.7 Å². The maximum atomic E-state index is 13.4. The van der Waals surface area contributed by atoms with Gasteiger partial charge in [0.05, 0.1) is 16.8 Å². The Morgan fingerprint density at radius 3 is 2.36 bits per heavy atom. The number of amides is 1. The van der Waals surface area contributed by atoms with Gasteiger partial charge in [0.1, 0.15) is 0 Å². The van der Waals surface area contributed by atoms with Crippen molar-refractivity contribution in [2.45, 2.75) is 27.3 Å². The van der Waals surface area contributed by atoms with Crippen molar-refractivity contribution >= 4 is 32.6 Å². The molecule has 3 aromatic carbocycles. The summed E-state index contributed by atoms with van der Waals surface area (Å²) < 4.78 is 1.13. The molecule has 140 valence electrons. The van der Waals surface area contributed by atoms with Gasteiger partial charge in [-0.3, -0.25) is 9.69 Å². The second-order valence-electron chi connectivity index (χ2n) is 7.17. The van der Waals surface area contributed by atoms with Gasteiger partial charge in [-0.2, -0.15) is 0 Å². The van der Waals surface area contributed by atoms with Crippen molar-refractivity contribution in [2.75, 3.05) is 4.90 Å². The van der Waals surface area contributed by atoms with Gasteiger partial charge in [0.2, 0.25) is 0 Å². The fourth-order valence-corrected chi connectivity index (χ4v) is 4.34. The third-order valence-corrected chi connectivity index (χ3v) is 6.00. The predicted molar refractivity (Wildman–Crippen MR) is 117 cm³/mol. The van der Waals surface area contributed by atoms with Crippen LogP contribution in [0, 0.1) is 20.8 Å². The van der Waals surface area contributed by atoms with Crippen molar-refractivity contribution in [2.24, 2.45) is 0 Å². The first kappa shape index (κ1) is 18.4. The summed E-state index contributed by atoms with van der Waals surface area (Å²) in [6.07, 6.45) is 0. The average Bonchev–Trinajstić information content (AvgIpc) is 3.11. The molecule has 1 amide bonds. The largest absolute Gasteiger partial charge is 0.279 e. The second-order valence-corrected chi connectivity index (χ2v) is 8.15. The normalized spacial score (nSPS) is 11.0. The maximum Gasteiger partial charge on any atom is 0.260 e. The Morgan fingerprint density at radius 1 is 0.929 bits per heavy atom. The van der Waals surface area contributed by atoms with Crippen LogP contribution < -0.4 is 4.90 Å². The standard InChI is InChI=1S/C24H22N2OS/c1-16-9-11-20(12-10-16)23(27)26(15-19-7-5-4-6-8-19)24-25-21-14-17(2)13-18(3)22(21)28-24/h4-14H,15H2,1-3H3. The summed E-state index contributed by atoms with van der Waals surface area (Å²) in [5.74, 6) is -0.0303. The lowest BCUT2D eigenvalue weighted by Gasteiger charge is -2.20. The van der Waals surface area contributed by atoms with Gasteiger partial charge in [0, 0.05) is 5.56 Å². The van der Waals surface area contributed by atoms with Crippen LogP contribution in [0.3, 0.4) is 0 Å². The molecule has 0 saturated heterocycles. The van der Waals surface area contributed by atoms with E-state index in [0.717, 1.165) is 26.5 Å². The minimum Gasteiger partial charge on any atom is -0.279 e. The van der Waals surface area contributed by atoms with E-state index in [2.05, 4.69) is 26.0 Å². The minimum absolute atomic E-state index is 0.0303. The van der Waals surface area contributed by atoms with Crippen LogP contribution in [0.25, 0.3) is 10.2 Å². The molecule has 0 bridgehead atoms. The molecule has 0 aliphatic rings. The Morgan fingerprint density at radius 2 is 1.64 bits per heavy atom. The highest BCUT2D eigenvalue weighted by Crippen LogP contribution is 2.33. The van der Waals surface area contributed by atoms with Crippen LogP contribution in [0.5, 0.6) is 0 Å². The van der Waals surface area contributed by atoms with Crippen molar-refractivity contribution in [3.63, 3.8) is 0 Å². The number of nitrogens with zero attached hydrogens (tertiary/aromatic N) is 2. The molecule has 0 aliphatic carbocycles. The summed E-state index contributed by atoms with van der Waals surface area (Å²) in [6, 6.07) is 22.0. The number of anilines is 1. The SMILES string of the molecule is Cc1ccc(C(=O)N(Cc2ccccc2)c2nc3cc(C)cc(C)c3s2)cc1. The predicted octanol–water partition coefficient (Wildman–Crippen LogP) is 6.07. The monoisotopic (exact) mass is 386 g/mol. The number of fused-ring (bicyclic) bond motifs is 1. The molecule has 4 aromatic rings. The third-order valence-electron chi connectivity index (χ3n) is 4.77. The third kappa shape index (κ3) is 3.69. The zero-order valence-electron chi connectivity index (χ0n) is 16.3. The number of benzene rings is 3. The molecule has 0 atom stereocenters. The van der Waals surface area contributed by atoms with Crippen LogP contribution in [0.4, 0.5) is 5.13 Å². The molecule has 28 heavy (non-hydrogen) atoms. The number of rotatable bonds is 4. The van der Waals surface area contributed by atoms with Gasteiger partial charge in [0.15, 0.2) is 5.13 Å². The molecule has 3 nitrogen and oxygen atoms in total. The lowest BCUT2D eigenvalue weighted by atomic mass is 10.1. The second kappa shape index (κ2) is 7.56. The fraction of sp³-hybridized carbons (Fsp3) is 0.167. The lowest BCUT2D eigenvalue weighted by Crippen LogP contribution is -2.30. The number of aromatic nitrogens is 1. The maximum absolute atomic E-state index is 13.4. The number of carbonyl (C=O) groups is 1. The zero-order valence-corrected chi connectivity index (χ0v) is 17.1. The van der Waals surface area contributed by atoms with Crippen LogP contribution in [0.1, 0.15) is 32.6 Å². The van der Waals surface area contributed by atoms with Crippen LogP contribution in [0.2, 0.25) is 0 Å². The first-order valence-electron chi connectivity index (χ1n) is 9.31. The zero-order chi connectivity index (χ0) is 19.7. The van der Waals surface area contributed by atoms with Gasteiger partial charge < -0.3 is 0 Å². The van der Waals surface area contributed by atoms with Crippen LogP contribution >= 0.6 is 11.3 Å². The first-order valence-corrected chi connectivity index (χ1v) is 10.1. The Kier molecular flexibility index (Phi) is 4.97. The smallest absolute Gasteiger partial charge is 0.260 e. The summed E-state index contributed by atoms with van der Waals surface area (Å²) in [6.45, 7) is 6.69. The van der Waals surface area contributed by atoms with Crippen LogP contribution in [-0.4, -0.2) is 10.9 Å². The summed E-state index contributed by atoms with van der Waals surface area (Å²) in [5, 5.41) is 0.734. The van der Waals surface area contributed by atoms with E-state index >= 15 is 0 Å². The fourth-order valence-electron chi connectivity index (χ4n) is 3.32. The van der Waals surface area contributed by atoms with E-state index in [0.29, 0.717) is 12.1 Å². The van der Waals surface area contributed by atoms with E-state index < -0.39 is 0 Å². The Bertz CT molecular complexity index is 1130. The van der Waals surface area contributed by atoms with Crippen LogP contribution in [-0.2, 0) is 6.54 Å². The average molecular weight is 387 g/mol. The van der Waals surface area contributed by atoms with E-state index in [1.165, 1.54) is 11.1 Å². The summed E-state index contributed by atoms with van der Waals surface area (Å²) in [7, 11) is 0. The Labute approximate surface area is 169 Å². The van der Waals surface area contributed by atoms with Gasteiger partial charge in [0.25, 0.3) is 5.91 Å². The van der Waals surface area contributed by atoms with Crippen molar-refractivity contribution in [3.8, 4) is 0 Å². The molecule has 0 unspecified atom stereocenters. The van der Waals surface area contributed by atoms with Gasteiger partial charge in [-0.15, -0.1) is 0 Å². The molecule has 4 rings (SSSR count). The van der Waals surface area contributed by atoms with Crippen molar-refractivity contribution in [3.05, 3.63) is 94.5 Å². The molecule has 4 heteroatoms. The van der Waals surface area contributed by atoms with E-state index in [1.54, 1.807) is 16.2 Å². The van der Waals surface area contributed by atoms with Crippen molar-refractivity contribution in [1.82, 2.24) is 4.98 Å². The summed E-state index contributed by atoms with van der Waals surface area (Å²) in [5.41, 5.74) is 6.22.